The molecule has 290 valence electrons. The van der Waals surface area contributed by atoms with Gasteiger partial charge in [-0.2, -0.15) is 0 Å². The first kappa shape index (κ1) is 35.9. The van der Waals surface area contributed by atoms with Crippen molar-refractivity contribution in [2.75, 3.05) is 0 Å². The zero-order valence-electron chi connectivity index (χ0n) is 33.4. The minimum Gasteiger partial charge on any atom is -0.456 e. The molecule has 9 aromatic carbocycles. The van der Waals surface area contributed by atoms with Gasteiger partial charge in [-0.15, -0.1) is 11.3 Å². The van der Waals surface area contributed by atoms with Crippen LogP contribution in [0.25, 0.3) is 121 Å². The van der Waals surface area contributed by atoms with Gasteiger partial charge in [0.2, 0.25) is 0 Å². The van der Waals surface area contributed by atoms with Crippen LogP contribution >= 0.6 is 11.3 Å². The predicted molar refractivity (Wildman–Crippen MR) is 258 cm³/mol. The van der Waals surface area contributed by atoms with Crippen molar-refractivity contribution in [3.63, 3.8) is 0 Å². The topological polar surface area (TPSA) is 51.8 Å². The average molecular weight is 810 g/mol. The Bertz CT molecular complexity index is 3530. The molecule has 0 N–H and O–H groups in total. The van der Waals surface area contributed by atoms with Crippen LogP contribution in [0.5, 0.6) is 0 Å². The molecule has 5 heteroatoms. The molecule has 3 heterocycles. The fourth-order valence-corrected chi connectivity index (χ4v) is 10.1. The van der Waals surface area contributed by atoms with Crippen molar-refractivity contribution in [3.8, 4) is 78.7 Å². The van der Waals surface area contributed by atoms with Gasteiger partial charge in [-0.3, -0.25) is 0 Å². The van der Waals surface area contributed by atoms with Crippen LogP contribution in [0.2, 0.25) is 0 Å². The Balaban J connectivity index is 1.05. The minimum absolute atomic E-state index is 0.582. The number of fused-ring (bicyclic) bond motifs is 6. The normalized spacial score (nSPS) is 11.5. The number of aromatic nitrogens is 3. The summed E-state index contributed by atoms with van der Waals surface area (Å²) in [4.78, 5) is 15.7. The molecule has 0 aliphatic rings. The maximum atomic E-state index is 6.60. The maximum Gasteiger partial charge on any atom is 0.164 e. The Morgan fingerprint density at radius 3 is 1.52 bits per heavy atom. The van der Waals surface area contributed by atoms with Crippen LogP contribution in [-0.2, 0) is 0 Å². The van der Waals surface area contributed by atoms with E-state index in [0.717, 1.165) is 66.4 Å². The quantitative estimate of drug-likeness (QED) is 0.161. The number of nitrogens with zero attached hydrogens (tertiary/aromatic N) is 3. The van der Waals surface area contributed by atoms with Crippen LogP contribution in [0.1, 0.15) is 0 Å². The molecule has 3 aromatic heterocycles. The first-order valence-electron chi connectivity index (χ1n) is 20.8. The number of furan rings is 1. The van der Waals surface area contributed by atoms with Gasteiger partial charge in [-0.05, 0) is 80.9 Å². The lowest BCUT2D eigenvalue weighted by Gasteiger charge is -2.11. The summed E-state index contributed by atoms with van der Waals surface area (Å²) in [6.45, 7) is 0. The number of rotatable bonds is 7. The Morgan fingerprint density at radius 1 is 0.306 bits per heavy atom. The number of hydrogen-bond acceptors (Lipinski definition) is 5. The van der Waals surface area contributed by atoms with Crippen LogP contribution in [0.4, 0.5) is 0 Å². The molecule has 0 unspecified atom stereocenters. The molecule has 0 fully saturated rings. The summed E-state index contributed by atoms with van der Waals surface area (Å²) in [6, 6.07) is 74.4. The summed E-state index contributed by atoms with van der Waals surface area (Å²) < 4.78 is 9.16. The first-order valence-corrected chi connectivity index (χ1v) is 21.6. The smallest absolute Gasteiger partial charge is 0.164 e. The van der Waals surface area contributed by atoms with E-state index in [2.05, 4.69) is 188 Å². The number of thiophene rings is 1. The van der Waals surface area contributed by atoms with Gasteiger partial charge < -0.3 is 4.42 Å². The molecular weight excluding hydrogens is 775 g/mol. The van der Waals surface area contributed by atoms with Gasteiger partial charge in [0, 0.05) is 47.6 Å². The summed E-state index contributed by atoms with van der Waals surface area (Å²) in [7, 11) is 0. The van der Waals surface area contributed by atoms with E-state index in [1.807, 2.05) is 35.6 Å². The lowest BCUT2D eigenvalue weighted by molar-refractivity contribution is 0.669. The summed E-state index contributed by atoms with van der Waals surface area (Å²) in [5.41, 5.74) is 13.5. The standard InChI is InChI=1S/C57H35N3OS/c1-4-15-36(16-5-1)39-21-10-23-42(33-39)55-58-56(43-24-11-22-40(34-43)37-17-6-2-7-18-37)60-57(59-55)47-28-13-29-50-52(47)48-35-41(31-32-49(48)61-50)44-25-14-30-51-53(44)46-27-12-26-45(54(46)62-51)38-19-8-3-9-20-38/h1-35H. The van der Waals surface area contributed by atoms with E-state index in [-0.39, 0.29) is 0 Å². The fourth-order valence-electron chi connectivity index (χ4n) is 8.81. The zero-order valence-corrected chi connectivity index (χ0v) is 34.2. The van der Waals surface area contributed by atoms with Crippen molar-refractivity contribution >= 4 is 53.4 Å². The van der Waals surface area contributed by atoms with Crippen LogP contribution in [0.3, 0.4) is 0 Å². The van der Waals surface area contributed by atoms with E-state index in [1.54, 1.807) is 0 Å². The highest BCUT2D eigenvalue weighted by Gasteiger charge is 2.20. The molecule has 0 amide bonds. The molecule has 0 saturated carbocycles. The highest BCUT2D eigenvalue weighted by Crippen LogP contribution is 2.45. The molecule has 12 aromatic rings. The molecule has 0 aliphatic carbocycles. The van der Waals surface area contributed by atoms with Crippen LogP contribution in [0.15, 0.2) is 217 Å². The third-order valence-corrected chi connectivity index (χ3v) is 12.9. The molecule has 0 bridgehead atoms. The third-order valence-electron chi connectivity index (χ3n) is 11.7. The van der Waals surface area contributed by atoms with Gasteiger partial charge >= 0.3 is 0 Å². The van der Waals surface area contributed by atoms with Crippen molar-refractivity contribution in [1.82, 2.24) is 15.0 Å². The summed E-state index contributed by atoms with van der Waals surface area (Å²) >= 11 is 1.86. The van der Waals surface area contributed by atoms with Crippen molar-refractivity contribution in [2.24, 2.45) is 0 Å². The molecule has 0 atom stereocenters. The largest absolute Gasteiger partial charge is 0.456 e. The summed E-state index contributed by atoms with van der Waals surface area (Å²) in [5, 5.41) is 4.50. The Hall–Kier alpha value is -7.99. The molecule has 0 spiro atoms. The van der Waals surface area contributed by atoms with Crippen LogP contribution < -0.4 is 0 Å². The van der Waals surface area contributed by atoms with E-state index in [1.165, 1.54) is 36.9 Å². The summed E-state index contributed by atoms with van der Waals surface area (Å²) in [6.07, 6.45) is 0. The summed E-state index contributed by atoms with van der Waals surface area (Å²) in [5.74, 6) is 1.78. The van der Waals surface area contributed by atoms with Crippen molar-refractivity contribution < 1.29 is 4.42 Å². The molecular formula is C57H35N3OS. The second-order valence-electron chi connectivity index (χ2n) is 15.5. The van der Waals surface area contributed by atoms with Gasteiger partial charge in [0.05, 0.1) is 0 Å². The van der Waals surface area contributed by atoms with Crippen molar-refractivity contribution in [3.05, 3.63) is 212 Å². The predicted octanol–water partition coefficient (Wildman–Crippen LogP) is 15.8. The lowest BCUT2D eigenvalue weighted by Crippen LogP contribution is -2.00. The van der Waals surface area contributed by atoms with E-state index in [9.17, 15) is 0 Å². The molecule has 62 heavy (non-hydrogen) atoms. The van der Waals surface area contributed by atoms with Crippen LogP contribution in [0, 0.1) is 0 Å². The molecule has 0 aliphatic heterocycles. The van der Waals surface area contributed by atoms with E-state index in [4.69, 9.17) is 19.4 Å². The van der Waals surface area contributed by atoms with Gasteiger partial charge in [0.1, 0.15) is 11.2 Å². The molecule has 4 nitrogen and oxygen atoms in total. The Morgan fingerprint density at radius 2 is 0.839 bits per heavy atom. The van der Waals surface area contributed by atoms with Gasteiger partial charge in [-0.1, -0.05) is 176 Å². The third kappa shape index (κ3) is 6.26. The monoisotopic (exact) mass is 809 g/mol. The number of benzene rings is 9. The molecule has 0 saturated heterocycles. The molecule has 12 rings (SSSR count). The minimum atomic E-state index is 0.582. The average Bonchev–Trinajstić information content (AvgIpc) is 3.93. The zero-order chi connectivity index (χ0) is 41.0. The highest BCUT2D eigenvalue weighted by molar-refractivity contribution is 7.26. The Kier molecular flexibility index (Phi) is 8.65. The van der Waals surface area contributed by atoms with E-state index < -0.39 is 0 Å². The van der Waals surface area contributed by atoms with Gasteiger partial charge in [0.15, 0.2) is 17.5 Å². The molecule has 0 radical (unpaired) electrons. The highest BCUT2D eigenvalue weighted by atomic mass is 32.1. The fraction of sp³-hybridized carbons (Fsp3) is 0. The lowest BCUT2D eigenvalue weighted by atomic mass is 9.96. The maximum absolute atomic E-state index is 6.60. The van der Waals surface area contributed by atoms with Gasteiger partial charge in [0.25, 0.3) is 0 Å². The van der Waals surface area contributed by atoms with E-state index >= 15 is 0 Å². The second kappa shape index (κ2) is 14.9. The van der Waals surface area contributed by atoms with Crippen molar-refractivity contribution in [1.29, 1.82) is 0 Å². The first-order chi connectivity index (χ1) is 30.7. The SMILES string of the molecule is c1ccc(-c2cccc(-c3nc(-c4cccc(-c5ccccc5)c4)nc(-c4cccc5oc6ccc(-c7cccc8sc9c(-c%10ccccc%10)cccc9c78)cc6c45)n3)c2)cc1. The second-order valence-corrected chi connectivity index (χ2v) is 16.6. The van der Waals surface area contributed by atoms with Gasteiger partial charge in [-0.25, -0.2) is 15.0 Å². The number of hydrogen-bond donors (Lipinski definition) is 0. The Labute approximate surface area is 362 Å². The van der Waals surface area contributed by atoms with E-state index in [0.29, 0.717) is 17.5 Å². The van der Waals surface area contributed by atoms with Crippen molar-refractivity contribution in [2.45, 2.75) is 0 Å². The van der Waals surface area contributed by atoms with Crippen LogP contribution in [-0.4, -0.2) is 15.0 Å².